The average molecular weight is 363 g/mol. The van der Waals surface area contributed by atoms with E-state index in [1.54, 1.807) is 11.8 Å². The van der Waals surface area contributed by atoms with Gasteiger partial charge in [-0.3, -0.25) is 0 Å². The van der Waals surface area contributed by atoms with E-state index >= 15 is 0 Å². The number of hydrogen-bond acceptors (Lipinski definition) is 2. The Morgan fingerprint density at radius 2 is 1.71 bits per heavy atom. The first-order valence-corrected chi connectivity index (χ1v) is 8.69. The van der Waals surface area contributed by atoms with Crippen LogP contribution >= 0.6 is 27.7 Å². The fourth-order valence-corrected chi connectivity index (χ4v) is 3.23. The molecule has 0 saturated heterocycles. The van der Waals surface area contributed by atoms with Gasteiger partial charge in [-0.05, 0) is 60.1 Å². The van der Waals surface area contributed by atoms with Crippen molar-refractivity contribution in [1.29, 1.82) is 0 Å². The van der Waals surface area contributed by atoms with Crippen LogP contribution in [0.25, 0.3) is 6.08 Å². The summed E-state index contributed by atoms with van der Waals surface area (Å²) in [4.78, 5) is 2.57. The number of rotatable bonds is 7. The van der Waals surface area contributed by atoms with Crippen molar-refractivity contribution < 1.29 is 5.11 Å². The molecular formula is C18H19BrOS. The molecule has 2 aromatic rings. The molecule has 0 aliphatic carbocycles. The molecule has 0 saturated carbocycles. The second-order valence-electron chi connectivity index (χ2n) is 4.76. The van der Waals surface area contributed by atoms with Gasteiger partial charge in [-0.15, -0.1) is 0 Å². The molecule has 0 atom stereocenters. The maximum absolute atomic E-state index is 8.96. The van der Waals surface area contributed by atoms with Crippen molar-refractivity contribution in [3.05, 3.63) is 69.5 Å². The van der Waals surface area contributed by atoms with Gasteiger partial charge >= 0.3 is 0 Å². The minimum absolute atomic E-state index is 0.265. The Morgan fingerprint density at radius 3 is 2.38 bits per heavy atom. The van der Waals surface area contributed by atoms with E-state index in [4.69, 9.17) is 5.11 Å². The van der Waals surface area contributed by atoms with Gasteiger partial charge < -0.3 is 5.11 Å². The maximum atomic E-state index is 8.96. The normalized spacial score (nSPS) is 11.6. The van der Waals surface area contributed by atoms with Gasteiger partial charge in [0.1, 0.15) is 0 Å². The lowest BCUT2D eigenvalue weighted by molar-refractivity contribution is 0.285. The van der Waals surface area contributed by atoms with E-state index < -0.39 is 0 Å². The first-order valence-electron chi connectivity index (χ1n) is 7.08. The highest BCUT2D eigenvalue weighted by Gasteiger charge is 2.02. The van der Waals surface area contributed by atoms with Gasteiger partial charge in [0.25, 0.3) is 0 Å². The number of hydrogen-bond donors (Lipinski definition) is 1. The lowest BCUT2D eigenvalue weighted by Gasteiger charge is -2.08. The molecule has 0 aromatic heterocycles. The Labute approximate surface area is 139 Å². The molecule has 2 rings (SSSR count). The average Bonchev–Trinajstić information content (AvgIpc) is 2.51. The van der Waals surface area contributed by atoms with Crippen molar-refractivity contribution in [1.82, 2.24) is 0 Å². The van der Waals surface area contributed by atoms with Crippen LogP contribution < -0.4 is 0 Å². The van der Waals surface area contributed by atoms with Crippen molar-refractivity contribution in [3.8, 4) is 0 Å². The Bertz CT molecular complexity index is 564. The molecule has 0 unspecified atom stereocenters. The number of thioether (sulfide) groups is 1. The van der Waals surface area contributed by atoms with E-state index in [-0.39, 0.29) is 6.61 Å². The summed E-state index contributed by atoms with van der Waals surface area (Å²) >= 11 is 5.27. The number of benzene rings is 2. The maximum Gasteiger partial charge on any atom is 0.0431 e. The van der Waals surface area contributed by atoms with Crippen molar-refractivity contribution in [2.24, 2.45) is 0 Å². The van der Waals surface area contributed by atoms with Gasteiger partial charge in [-0.1, -0.05) is 58.0 Å². The van der Waals surface area contributed by atoms with E-state index in [2.05, 4.69) is 70.5 Å². The highest BCUT2D eigenvalue weighted by molar-refractivity contribution is 9.10. The first-order chi connectivity index (χ1) is 10.3. The Morgan fingerprint density at radius 1 is 1.00 bits per heavy atom. The molecule has 0 fully saturated rings. The zero-order valence-electron chi connectivity index (χ0n) is 11.8. The quantitative estimate of drug-likeness (QED) is 0.500. The molecule has 2 aromatic carbocycles. The summed E-state index contributed by atoms with van der Waals surface area (Å²) in [6.45, 7) is 0.265. The third kappa shape index (κ3) is 6.08. The number of aliphatic hydroxyl groups is 1. The molecule has 3 heteroatoms. The second-order valence-corrected chi connectivity index (χ2v) is 6.87. The molecule has 110 valence electrons. The summed E-state index contributed by atoms with van der Waals surface area (Å²) in [6, 6.07) is 18.8. The molecule has 1 N–H and O–H groups in total. The van der Waals surface area contributed by atoms with Crippen LogP contribution in [0.1, 0.15) is 24.8 Å². The second kappa shape index (κ2) is 9.08. The monoisotopic (exact) mass is 362 g/mol. The van der Waals surface area contributed by atoms with Crippen LogP contribution in [0.3, 0.4) is 0 Å². The van der Waals surface area contributed by atoms with Crippen molar-refractivity contribution in [3.63, 3.8) is 0 Å². The zero-order valence-corrected chi connectivity index (χ0v) is 14.2. The molecule has 0 aliphatic heterocycles. The Kier molecular flexibility index (Phi) is 7.07. The summed E-state index contributed by atoms with van der Waals surface area (Å²) in [6.07, 6.45) is 5.10. The molecule has 0 spiro atoms. The predicted octanol–water partition coefficient (Wildman–Crippen LogP) is 5.74. The van der Waals surface area contributed by atoms with Crippen LogP contribution in [0.5, 0.6) is 0 Å². The molecule has 21 heavy (non-hydrogen) atoms. The minimum atomic E-state index is 0.265. The molecule has 0 aliphatic rings. The number of halogens is 1. The van der Waals surface area contributed by atoms with E-state index in [1.807, 2.05) is 6.07 Å². The molecule has 1 nitrogen and oxygen atoms in total. The van der Waals surface area contributed by atoms with Crippen LogP contribution in [0.15, 0.2) is 68.9 Å². The van der Waals surface area contributed by atoms with Crippen LogP contribution in [0.2, 0.25) is 0 Å². The molecule has 0 amide bonds. The van der Waals surface area contributed by atoms with E-state index in [1.165, 1.54) is 15.4 Å². The highest BCUT2D eigenvalue weighted by Crippen LogP contribution is 2.32. The lowest BCUT2D eigenvalue weighted by Crippen LogP contribution is -1.85. The number of allylic oxidation sites excluding steroid dienone is 1. The smallest absolute Gasteiger partial charge is 0.0431 e. The molecular weight excluding hydrogens is 344 g/mol. The van der Waals surface area contributed by atoms with Crippen molar-refractivity contribution in [2.75, 3.05) is 6.61 Å². The third-order valence-corrected chi connectivity index (χ3v) is 4.64. The zero-order chi connectivity index (χ0) is 14.9. The van der Waals surface area contributed by atoms with E-state index in [0.717, 1.165) is 23.7 Å². The third-order valence-electron chi connectivity index (χ3n) is 3.02. The standard InChI is InChI=1S/C18H19BrOS/c19-16-9-11-17(12-10-16)21-18(8-4-5-13-20)14-15-6-2-1-3-7-15/h1-3,6-7,9-12,14,20H,4-5,8,13H2/b18-14-. The first kappa shape index (κ1) is 16.3. The Hall–Kier alpha value is -1.03. The van der Waals surface area contributed by atoms with Gasteiger partial charge in [0.15, 0.2) is 0 Å². The summed E-state index contributed by atoms with van der Waals surface area (Å²) < 4.78 is 1.10. The van der Waals surface area contributed by atoms with Gasteiger partial charge in [0.2, 0.25) is 0 Å². The summed E-state index contributed by atoms with van der Waals surface area (Å²) in [5.41, 5.74) is 1.22. The number of aliphatic hydroxyl groups excluding tert-OH is 1. The fourth-order valence-electron chi connectivity index (χ4n) is 1.95. The summed E-state index contributed by atoms with van der Waals surface area (Å²) in [5, 5.41) is 8.96. The van der Waals surface area contributed by atoms with Crippen molar-refractivity contribution in [2.45, 2.75) is 24.2 Å². The van der Waals surface area contributed by atoms with Gasteiger partial charge in [-0.25, -0.2) is 0 Å². The predicted molar refractivity (Wildman–Crippen MR) is 95.4 cm³/mol. The van der Waals surface area contributed by atoms with Gasteiger partial charge in [0.05, 0.1) is 0 Å². The Balaban J connectivity index is 2.11. The molecule has 0 bridgehead atoms. The SMILES string of the molecule is OCCCC/C(=C/c1ccccc1)Sc1ccc(Br)cc1. The minimum Gasteiger partial charge on any atom is -0.396 e. The molecule has 0 radical (unpaired) electrons. The van der Waals surface area contributed by atoms with Gasteiger partial charge in [-0.2, -0.15) is 0 Å². The van der Waals surface area contributed by atoms with Crippen LogP contribution in [-0.4, -0.2) is 11.7 Å². The summed E-state index contributed by atoms with van der Waals surface area (Å²) in [7, 11) is 0. The largest absolute Gasteiger partial charge is 0.396 e. The highest BCUT2D eigenvalue weighted by atomic mass is 79.9. The fraction of sp³-hybridized carbons (Fsp3) is 0.222. The lowest BCUT2D eigenvalue weighted by atomic mass is 10.1. The van der Waals surface area contributed by atoms with E-state index in [9.17, 15) is 0 Å². The van der Waals surface area contributed by atoms with E-state index in [0.29, 0.717) is 0 Å². The molecule has 0 heterocycles. The topological polar surface area (TPSA) is 20.2 Å². The van der Waals surface area contributed by atoms with Crippen LogP contribution in [0.4, 0.5) is 0 Å². The summed E-state index contributed by atoms with van der Waals surface area (Å²) in [5.74, 6) is 0. The van der Waals surface area contributed by atoms with Crippen LogP contribution in [0, 0.1) is 0 Å². The number of unbranched alkanes of at least 4 members (excludes halogenated alkanes) is 1. The van der Waals surface area contributed by atoms with Crippen LogP contribution in [-0.2, 0) is 0 Å². The van der Waals surface area contributed by atoms with Gasteiger partial charge in [0, 0.05) is 16.0 Å². The van der Waals surface area contributed by atoms with Crippen molar-refractivity contribution >= 4 is 33.8 Å².